The number of aromatic nitrogens is 1. The van der Waals surface area contributed by atoms with Crippen LogP contribution in [0.4, 0.5) is 16.2 Å². The average molecular weight is 620 g/mol. The second-order valence-corrected chi connectivity index (χ2v) is 12.8. The molecule has 2 aromatic carbocycles. The number of halogens is 1. The van der Waals surface area contributed by atoms with E-state index in [4.69, 9.17) is 20.9 Å². The Hall–Kier alpha value is -3.65. The maximum atomic E-state index is 13.7. The predicted molar refractivity (Wildman–Crippen MR) is 157 cm³/mol. The third kappa shape index (κ3) is 6.54. The molecule has 1 aromatic heterocycles. The Kier molecular flexibility index (Phi) is 9.46. The van der Waals surface area contributed by atoms with Gasteiger partial charge in [0.2, 0.25) is 10.0 Å². The van der Waals surface area contributed by atoms with Gasteiger partial charge in [-0.1, -0.05) is 29.7 Å². The molecule has 0 radical (unpaired) electrons. The van der Waals surface area contributed by atoms with Gasteiger partial charge in [0.1, 0.15) is 17.5 Å². The molecule has 12 nitrogen and oxygen atoms in total. The Bertz CT molecular complexity index is 1540. The molecule has 0 aliphatic carbocycles. The number of amides is 3. The fourth-order valence-electron chi connectivity index (χ4n) is 4.63. The van der Waals surface area contributed by atoms with Crippen LogP contribution in [-0.4, -0.2) is 78.7 Å². The van der Waals surface area contributed by atoms with Crippen LogP contribution in [-0.2, 0) is 10.0 Å². The molecule has 0 saturated heterocycles. The van der Waals surface area contributed by atoms with E-state index in [0.29, 0.717) is 22.2 Å². The van der Waals surface area contributed by atoms with Crippen molar-refractivity contribution in [2.45, 2.75) is 44.7 Å². The maximum absolute atomic E-state index is 13.7. The molecule has 14 heteroatoms. The summed E-state index contributed by atoms with van der Waals surface area (Å²) in [6, 6.07) is 9.44. The van der Waals surface area contributed by atoms with Gasteiger partial charge in [0.05, 0.1) is 35.3 Å². The lowest BCUT2D eigenvalue weighted by molar-refractivity contribution is 0.0389. The Morgan fingerprint density at radius 1 is 1.21 bits per heavy atom. The summed E-state index contributed by atoms with van der Waals surface area (Å²) in [6.45, 7) is 6.75. The number of fused-ring (bicyclic) bond motifs is 1. The molecule has 226 valence electrons. The minimum Gasteiger partial charge on any atom is -0.486 e. The van der Waals surface area contributed by atoms with Gasteiger partial charge in [-0.15, -0.1) is 0 Å². The van der Waals surface area contributed by atoms with E-state index < -0.39 is 34.1 Å². The van der Waals surface area contributed by atoms with Crippen LogP contribution in [0.3, 0.4) is 0 Å². The van der Waals surface area contributed by atoms with Crippen LogP contribution < -0.4 is 15.4 Å². The van der Waals surface area contributed by atoms with Gasteiger partial charge in [-0.2, -0.15) is 4.31 Å². The molecule has 0 spiro atoms. The predicted octanol–water partition coefficient (Wildman–Crippen LogP) is 4.13. The van der Waals surface area contributed by atoms with E-state index >= 15 is 0 Å². The molecular weight excluding hydrogens is 586 g/mol. The highest BCUT2D eigenvalue weighted by molar-refractivity contribution is 7.89. The van der Waals surface area contributed by atoms with Crippen molar-refractivity contribution in [3.8, 4) is 5.75 Å². The summed E-state index contributed by atoms with van der Waals surface area (Å²) in [7, 11) is -2.46. The van der Waals surface area contributed by atoms with Gasteiger partial charge < -0.3 is 29.9 Å². The number of rotatable bonds is 8. The van der Waals surface area contributed by atoms with Crippen molar-refractivity contribution in [3.05, 3.63) is 64.5 Å². The standard InChI is InChI=1S/C28H34ClN5O7S/c1-16-13-34(17(2)15-35)27(36)22-7-6-8-23(30-28(37)31-25-18(3)32-41-19(25)4)26(22)40-24(16)14-33(5)42(38,39)21-11-9-20(29)10-12-21/h6-12,16-17,24,35H,13-15H2,1-5H3,(H2,30,31,37)/t16-,17+,24-/m1/s1. The number of para-hydroxylation sites is 1. The quantitative estimate of drug-likeness (QED) is 0.340. The Morgan fingerprint density at radius 3 is 2.52 bits per heavy atom. The van der Waals surface area contributed by atoms with Crippen LogP contribution in [0.1, 0.15) is 35.7 Å². The fraction of sp³-hybridized carbons (Fsp3) is 0.393. The second-order valence-electron chi connectivity index (χ2n) is 10.3. The number of aryl methyl sites for hydroxylation is 2. The molecule has 2 heterocycles. The van der Waals surface area contributed by atoms with E-state index in [1.807, 2.05) is 6.92 Å². The van der Waals surface area contributed by atoms with Gasteiger partial charge in [0, 0.05) is 24.5 Å². The van der Waals surface area contributed by atoms with Crippen molar-refractivity contribution in [1.82, 2.24) is 14.4 Å². The first-order chi connectivity index (χ1) is 19.8. The summed E-state index contributed by atoms with van der Waals surface area (Å²) in [6.07, 6.45) is -0.745. The number of hydrogen-bond donors (Lipinski definition) is 3. The number of nitrogens with one attached hydrogen (secondary N) is 2. The normalized spacial score (nSPS) is 18.1. The molecule has 0 bridgehead atoms. The van der Waals surface area contributed by atoms with Gasteiger partial charge in [0.25, 0.3) is 5.91 Å². The molecule has 0 fully saturated rings. The highest BCUT2D eigenvalue weighted by Crippen LogP contribution is 2.35. The van der Waals surface area contributed by atoms with E-state index in [0.717, 1.165) is 0 Å². The van der Waals surface area contributed by atoms with Crippen molar-refractivity contribution in [1.29, 1.82) is 0 Å². The molecule has 1 aliphatic heterocycles. The first-order valence-corrected chi connectivity index (χ1v) is 15.1. The molecule has 0 saturated carbocycles. The largest absolute Gasteiger partial charge is 0.486 e. The number of aliphatic hydroxyl groups excluding tert-OH is 1. The van der Waals surface area contributed by atoms with Crippen LogP contribution >= 0.6 is 11.6 Å². The molecule has 3 amide bonds. The number of sulfonamides is 1. The molecule has 1 aliphatic rings. The first-order valence-electron chi connectivity index (χ1n) is 13.3. The van der Waals surface area contributed by atoms with Crippen LogP contribution in [0.25, 0.3) is 0 Å². The zero-order valence-electron chi connectivity index (χ0n) is 23.9. The second kappa shape index (κ2) is 12.7. The zero-order chi connectivity index (χ0) is 30.8. The van der Waals surface area contributed by atoms with Crippen LogP contribution in [0.15, 0.2) is 51.9 Å². The zero-order valence-corrected chi connectivity index (χ0v) is 25.5. The smallest absolute Gasteiger partial charge is 0.323 e. The van der Waals surface area contributed by atoms with Crippen LogP contribution in [0.5, 0.6) is 5.75 Å². The van der Waals surface area contributed by atoms with Crippen molar-refractivity contribution in [3.63, 3.8) is 0 Å². The van der Waals surface area contributed by atoms with Gasteiger partial charge in [-0.3, -0.25) is 4.79 Å². The lowest BCUT2D eigenvalue weighted by atomic mass is 9.99. The number of carbonyl (C=O) groups is 2. The van der Waals surface area contributed by atoms with Crippen LogP contribution in [0, 0.1) is 19.8 Å². The lowest BCUT2D eigenvalue weighted by Gasteiger charge is -2.38. The summed E-state index contributed by atoms with van der Waals surface area (Å²) in [4.78, 5) is 28.3. The number of likely N-dealkylation sites (N-methyl/N-ethyl adjacent to an activating group) is 1. The van der Waals surface area contributed by atoms with E-state index in [-0.39, 0.29) is 47.5 Å². The highest BCUT2D eigenvalue weighted by Gasteiger charge is 2.36. The summed E-state index contributed by atoms with van der Waals surface area (Å²) in [5, 5.41) is 19.6. The number of carbonyl (C=O) groups excluding carboxylic acids is 2. The van der Waals surface area contributed by atoms with Gasteiger partial charge in [-0.25, -0.2) is 13.2 Å². The third-order valence-corrected chi connectivity index (χ3v) is 9.26. The minimum absolute atomic E-state index is 0.0670. The number of hydrogen-bond acceptors (Lipinski definition) is 8. The summed E-state index contributed by atoms with van der Waals surface area (Å²) in [5.74, 6) is -0.262. The maximum Gasteiger partial charge on any atom is 0.323 e. The number of urea groups is 1. The molecule has 3 aromatic rings. The number of benzene rings is 2. The van der Waals surface area contributed by atoms with E-state index in [2.05, 4.69) is 15.8 Å². The highest BCUT2D eigenvalue weighted by atomic mass is 35.5. The Balaban J connectivity index is 1.70. The minimum atomic E-state index is -3.91. The SMILES string of the molecule is Cc1noc(C)c1NC(=O)Nc1cccc2c1O[C@H](CN(C)S(=O)(=O)c1ccc(Cl)cc1)[C@H](C)CN([C@@H](C)CO)C2=O. The topological polar surface area (TPSA) is 154 Å². The molecule has 42 heavy (non-hydrogen) atoms. The van der Waals surface area contributed by atoms with Gasteiger partial charge in [0.15, 0.2) is 11.5 Å². The molecule has 4 rings (SSSR count). The number of nitrogens with zero attached hydrogens (tertiary/aromatic N) is 3. The van der Waals surface area contributed by atoms with E-state index in [9.17, 15) is 23.1 Å². The summed E-state index contributed by atoms with van der Waals surface area (Å²) >= 11 is 5.95. The summed E-state index contributed by atoms with van der Waals surface area (Å²) < 4.78 is 39.4. The van der Waals surface area contributed by atoms with E-state index in [1.54, 1.807) is 39.0 Å². The molecule has 0 unspecified atom stereocenters. The average Bonchev–Trinajstić information content (AvgIpc) is 3.26. The molecule has 3 N–H and O–H groups in total. The van der Waals surface area contributed by atoms with E-state index in [1.165, 1.54) is 40.5 Å². The van der Waals surface area contributed by atoms with Crippen molar-refractivity contribution < 1.29 is 32.4 Å². The lowest BCUT2D eigenvalue weighted by Crippen LogP contribution is -2.50. The van der Waals surface area contributed by atoms with Crippen LogP contribution in [0.2, 0.25) is 5.02 Å². The number of anilines is 2. The Morgan fingerprint density at radius 2 is 1.90 bits per heavy atom. The monoisotopic (exact) mass is 619 g/mol. The summed E-state index contributed by atoms with van der Waals surface area (Å²) in [5.41, 5.74) is 1.26. The third-order valence-electron chi connectivity index (χ3n) is 7.17. The fourth-order valence-corrected chi connectivity index (χ4v) is 5.94. The molecule has 3 atom stereocenters. The Labute approximate surface area is 249 Å². The van der Waals surface area contributed by atoms with Gasteiger partial charge in [-0.05, 0) is 57.2 Å². The van der Waals surface area contributed by atoms with Crippen molar-refractivity contribution >= 4 is 44.9 Å². The molecular formula is C28H34ClN5O7S. The van der Waals surface area contributed by atoms with Gasteiger partial charge >= 0.3 is 6.03 Å². The van der Waals surface area contributed by atoms with Crippen molar-refractivity contribution in [2.75, 3.05) is 37.4 Å². The van der Waals surface area contributed by atoms with Crippen molar-refractivity contribution in [2.24, 2.45) is 5.92 Å². The number of aliphatic hydroxyl groups is 1. The first kappa shape index (κ1) is 31.3. The number of ether oxygens (including phenoxy) is 1.